The SMILES string of the molecule is CCC(CC)NC(C)c1nncn1C. The monoisotopic (exact) mass is 196 g/mol. The van der Waals surface area contributed by atoms with E-state index in [1.165, 1.54) is 0 Å². The quantitative estimate of drug-likeness (QED) is 0.778. The van der Waals surface area contributed by atoms with Crippen molar-refractivity contribution in [3.8, 4) is 0 Å². The summed E-state index contributed by atoms with van der Waals surface area (Å²) in [4.78, 5) is 0. The number of hydrogen-bond acceptors (Lipinski definition) is 3. The van der Waals surface area contributed by atoms with Crippen LogP contribution in [0.25, 0.3) is 0 Å². The largest absolute Gasteiger partial charge is 0.319 e. The Morgan fingerprint density at radius 3 is 2.50 bits per heavy atom. The first-order chi connectivity index (χ1) is 6.69. The summed E-state index contributed by atoms with van der Waals surface area (Å²) in [7, 11) is 1.97. The van der Waals surface area contributed by atoms with E-state index in [9.17, 15) is 0 Å². The highest BCUT2D eigenvalue weighted by molar-refractivity contribution is 4.92. The number of aromatic nitrogens is 3. The molecule has 0 aliphatic heterocycles. The maximum absolute atomic E-state index is 4.09. The van der Waals surface area contributed by atoms with Gasteiger partial charge < -0.3 is 9.88 Å². The third-order valence-corrected chi connectivity index (χ3v) is 2.61. The van der Waals surface area contributed by atoms with Crippen molar-refractivity contribution in [1.29, 1.82) is 0 Å². The molecule has 1 N–H and O–H groups in total. The van der Waals surface area contributed by atoms with Gasteiger partial charge in [0.25, 0.3) is 0 Å². The topological polar surface area (TPSA) is 42.7 Å². The van der Waals surface area contributed by atoms with Crippen molar-refractivity contribution in [1.82, 2.24) is 20.1 Å². The molecular weight excluding hydrogens is 176 g/mol. The van der Waals surface area contributed by atoms with Crippen molar-refractivity contribution >= 4 is 0 Å². The van der Waals surface area contributed by atoms with Crippen molar-refractivity contribution in [3.63, 3.8) is 0 Å². The smallest absolute Gasteiger partial charge is 0.149 e. The molecule has 0 fully saturated rings. The van der Waals surface area contributed by atoms with Crippen LogP contribution >= 0.6 is 0 Å². The van der Waals surface area contributed by atoms with Gasteiger partial charge in [0.2, 0.25) is 0 Å². The molecule has 1 atom stereocenters. The molecular formula is C10H20N4. The Bertz CT molecular complexity index is 265. The molecule has 1 aromatic rings. The number of aryl methyl sites for hydroxylation is 1. The predicted molar refractivity (Wildman–Crippen MR) is 56.9 cm³/mol. The van der Waals surface area contributed by atoms with Crippen LogP contribution in [-0.4, -0.2) is 20.8 Å². The fraction of sp³-hybridized carbons (Fsp3) is 0.800. The highest BCUT2D eigenvalue weighted by Crippen LogP contribution is 2.10. The Morgan fingerprint density at radius 2 is 2.07 bits per heavy atom. The lowest BCUT2D eigenvalue weighted by molar-refractivity contribution is 0.415. The third kappa shape index (κ3) is 2.54. The minimum absolute atomic E-state index is 0.271. The average Bonchev–Trinajstić information content (AvgIpc) is 2.60. The van der Waals surface area contributed by atoms with Gasteiger partial charge in [0.1, 0.15) is 12.2 Å². The van der Waals surface area contributed by atoms with Gasteiger partial charge in [-0.2, -0.15) is 0 Å². The van der Waals surface area contributed by atoms with Crippen LogP contribution in [0.4, 0.5) is 0 Å². The van der Waals surface area contributed by atoms with Crippen molar-refractivity contribution in [2.45, 2.75) is 45.7 Å². The molecule has 0 saturated heterocycles. The van der Waals surface area contributed by atoms with Crippen molar-refractivity contribution in [3.05, 3.63) is 12.2 Å². The Hall–Kier alpha value is -0.900. The molecule has 1 aromatic heterocycles. The van der Waals surface area contributed by atoms with Crippen molar-refractivity contribution < 1.29 is 0 Å². The minimum Gasteiger partial charge on any atom is -0.319 e. The molecule has 0 amide bonds. The van der Waals surface area contributed by atoms with E-state index in [0.29, 0.717) is 6.04 Å². The van der Waals surface area contributed by atoms with Crippen molar-refractivity contribution in [2.75, 3.05) is 0 Å². The molecule has 0 spiro atoms. The molecule has 4 heteroatoms. The molecule has 0 aromatic carbocycles. The zero-order valence-electron chi connectivity index (χ0n) is 9.49. The third-order valence-electron chi connectivity index (χ3n) is 2.61. The van der Waals surface area contributed by atoms with E-state index in [2.05, 4.69) is 36.3 Å². The summed E-state index contributed by atoms with van der Waals surface area (Å²) in [5, 5.41) is 11.5. The van der Waals surface area contributed by atoms with Gasteiger partial charge in [-0.25, -0.2) is 0 Å². The standard InChI is InChI=1S/C10H20N4/c1-5-9(6-2)12-8(3)10-13-11-7-14(10)4/h7-9,12H,5-6H2,1-4H3. The van der Waals surface area contributed by atoms with Crippen LogP contribution in [0.15, 0.2) is 6.33 Å². The maximum Gasteiger partial charge on any atom is 0.149 e. The van der Waals surface area contributed by atoms with E-state index >= 15 is 0 Å². The van der Waals surface area contributed by atoms with E-state index in [1.807, 2.05) is 11.6 Å². The molecule has 0 bridgehead atoms. The fourth-order valence-electron chi connectivity index (χ4n) is 1.64. The van der Waals surface area contributed by atoms with E-state index in [0.717, 1.165) is 18.7 Å². The summed E-state index contributed by atoms with van der Waals surface area (Å²) >= 11 is 0. The maximum atomic E-state index is 4.09. The zero-order chi connectivity index (χ0) is 10.6. The van der Waals surface area contributed by atoms with E-state index in [-0.39, 0.29) is 6.04 Å². The predicted octanol–water partition coefficient (Wildman–Crippen LogP) is 1.65. The lowest BCUT2D eigenvalue weighted by Crippen LogP contribution is -2.31. The molecule has 14 heavy (non-hydrogen) atoms. The average molecular weight is 196 g/mol. The fourth-order valence-corrected chi connectivity index (χ4v) is 1.64. The van der Waals surface area contributed by atoms with Gasteiger partial charge >= 0.3 is 0 Å². The molecule has 0 radical (unpaired) electrons. The molecule has 0 saturated carbocycles. The Morgan fingerprint density at radius 1 is 1.43 bits per heavy atom. The minimum atomic E-state index is 0.271. The van der Waals surface area contributed by atoms with E-state index in [1.54, 1.807) is 6.33 Å². The van der Waals surface area contributed by atoms with Crippen LogP contribution in [0.5, 0.6) is 0 Å². The molecule has 80 valence electrons. The van der Waals surface area contributed by atoms with Crippen LogP contribution in [0.3, 0.4) is 0 Å². The van der Waals surface area contributed by atoms with Gasteiger partial charge in [-0.3, -0.25) is 0 Å². The summed E-state index contributed by atoms with van der Waals surface area (Å²) in [6.45, 7) is 6.53. The van der Waals surface area contributed by atoms with Gasteiger partial charge in [0.15, 0.2) is 0 Å². The molecule has 0 aliphatic carbocycles. The normalized spacial score (nSPS) is 13.5. The second kappa shape index (κ2) is 5.10. The summed E-state index contributed by atoms with van der Waals surface area (Å²) in [6, 6.07) is 0.842. The Kier molecular flexibility index (Phi) is 4.07. The molecule has 0 aliphatic rings. The van der Waals surface area contributed by atoms with Crippen LogP contribution in [0, 0.1) is 0 Å². The first-order valence-electron chi connectivity index (χ1n) is 5.28. The van der Waals surface area contributed by atoms with Gasteiger partial charge in [-0.05, 0) is 19.8 Å². The first kappa shape index (κ1) is 11.2. The summed E-state index contributed by atoms with van der Waals surface area (Å²) < 4.78 is 1.96. The van der Waals surface area contributed by atoms with E-state index in [4.69, 9.17) is 0 Å². The highest BCUT2D eigenvalue weighted by Gasteiger charge is 2.13. The van der Waals surface area contributed by atoms with Gasteiger partial charge in [-0.15, -0.1) is 10.2 Å². The van der Waals surface area contributed by atoms with Crippen LogP contribution in [-0.2, 0) is 7.05 Å². The second-order valence-electron chi connectivity index (χ2n) is 3.70. The molecule has 4 nitrogen and oxygen atoms in total. The molecule has 1 rings (SSSR count). The highest BCUT2D eigenvalue weighted by atomic mass is 15.3. The zero-order valence-corrected chi connectivity index (χ0v) is 9.49. The lowest BCUT2D eigenvalue weighted by Gasteiger charge is -2.20. The van der Waals surface area contributed by atoms with Gasteiger partial charge in [0.05, 0.1) is 6.04 Å². The number of rotatable bonds is 5. The number of nitrogens with one attached hydrogen (secondary N) is 1. The van der Waals surface area contributed by atoms with Gasteiger partial charge in [-0.1, -0.05) is 13.8 Å². The first-order valence-corrected chi connectivity index (χ1v) is 5.28. The van der Waals surface area contributed by atoms with Crippen LogP contribution in [0.2, 0.25) is 0 Å². The van der Waals surface area contributed by atoms with E-state index < -0.39 is 0 Å². The van der Waals surface area contributed by atoms with Crippen LogP contribution in [0.1, 0.15) is 45.5 Å². The molecule has 1 heterocycles. The Balaban J connectivity index is 2.58. The molecule has 1 unspecified atom stereocenters. The Labute approximate surface area is 85.7 Å². The summed E-state index contributed by atoms with van der Waals surface area (Å²) in [6.07, 6.45) is 4.04. The second-order valence-corrected chi connectivity index (χ2v) is 3.70. The summed E-state index contributed by atoms with van der Waals surface area (Å²) in [5.74, 6) is 0.997. The van der Waals surface area contributed by atoms with Crippen LogP contribution < -0.4 is 5.32 Å². The number of nitrogens with zero attached hydrogens (tertiary/aromatic N) is 3. The summed E-state index contributed by atoms with van der Waals surface area (Å²) in [5.41, 5.74) is 0. The number of hydrogen-bond donors (Lipinski definition) is 1. The van der Waals surface area contributed by atoms with Gasteiger partial charge in [0, 0.05) is 13.1 Å². The van der Waals surface area contributed by atoms with Crippen molar-refractivity contribution in [2.24, 2.45) is 7.05 Å². The lowest BCUT2D eigenvalue weighted by atomic mass is 10.1.